The largest absolute Gasteiger partial charge is 0.496 e. The van der Waals surface area contributed by atoms with E-state index in [1.807, 2.05) is 30.5 Å². The number of methoxy groups -OCH3 is 3. The number of benzene rings is 2. The van der Waals surface area contributed by atoms with Gasteiger partial charge in [0.15, 0.2) is 0 Å². The molecule has 4 aromatic rings. The molecule has 0 aliphatic carbocycles. The van der Waals surface area contributed by atoms with Gasteiger partial charge in [-0.25, -0.2) is 4.98 Å². The number of imide groups is 1. The number of rotatable bonds is 8. The van der Waals surface area contributed by atoms with Crippen molar-refractivity contribution in [2.75, 3.05) is 34.4 Å². The number of nitrogens with zero attached hydrogens (tertiary/aromatic N) is 4. The van der Waals surface area contributed by atoms with Crippen LogP contribution in [0.2, 0.25) is 0 Å². The molecule has 7 rings (SSSR count). The first-order valence-corrected chi connectivity index (χ1v) is 16.5. The number of carbonyl (C=O) groups excluding carboxylic acids is 3. The zero-order valence-corrected chi connectivity index (χ0v) is 28.1. The highest BCUT2D eigenvalue weighted by molar-refractivity contribution is 6.05. The highest BCUT2D eigenvalue weighted by Gasteiger charge is 2.39. The van der Waals surface area contributed by atoms with Gasteiger partial charge in [0, 0.05) is 61.5 Å². The van der Waals surface area contributed by atoms with Gasteiger partial charge in [0.2, 0.25) is 17.7 Å². The third-order valence-electron chi connectivity index (χ3n) is 10.2. The van der Waals surface area contributed by atoms with Crippen LogP contribution in [0.15, 0.2) is 53.6 Å². The van der Waals surface area contributed by atoms with Gasteiger partial charge in [0.25, 0.3) is 11.5 Å². The number of pyridine rings is 2. The number of hydrogen-bond donors (Lipinski definition) is 1. The van der Waals surface area contributed by atoms with Gasteiger partial charge in [-0.05, 0) is 73.2 Å². The fraction of sp³-hybridized carbons (Fsp3) is 0.378. The van der Waals surface area contributed by atoms with Gasteiger partial charge in [-0.2, -0.15) is 0 Å². The monoisotopic (exact) mass is 665 g/mol. The molecule has 254 valence electrons. The Hall–Kier alpha value is -5.23. The maximum Gasteiger partial charge on any atom is 0.259 e. The molecular weight excluding hydrogens is 626 g/mol. The zero-order valence-electron chi connectivity index (χ0n) is 28.1. The molecule has 1 N–H and O–H groups in total. The van der Waals surface area contributed by atoms with E-state index in [2.05, 4.69) is 21.3 Å². The molecule has 3 amide bonds. The molecular formula is C37H39N5O7. The van der Waals surface area contributed by atoms with E-state index in [0.29, 0.717) is 53.8 Å². The van der Waals surface area contributed by atoms with Crippen LogP contribution in [0.3, 0.4) is 0 Å². The lowest BCUT2D eigenvalue weighted by atomic mass is 9.87. The van der Waals surface area contributed by atoms with Crippen molar-refractivity contribution in [1.29, 1.82) is 0 Å². The maximum absolute atomic E-state index is 13.2. The number of nitrogens with one attached hydrogen (secondary N) is 1. The minimum absolute atomic E-state index is 0.143. The van der Waals surface area contributed by atoms with Crippen LogP contribution in [-0.2, 0) is 29.7 Å². The second kappa shape index (κ2) is 13.0. The average Bonchev–Trinajstić information content (AvgIpc) is 3.44. The first-order chi connectivity index (χ1) is 23.7. The molecule has 49 heavy (non-hydrogen) atoms. The molecule has 0 saturated carbocycles. The molecule has 0 bridgehead atoms. The highest BCUT2D eigenvalue weighted by atomic mass is 16.5. The summed E-state index contributed by atoms with van der Waals surface area (Å²) >= 11 is 0. The predicted molar refractivity (Wildman–Crippen MR) is 182 cm³/mol. The summed E-state index contributed by atoms with van der Waals surface area (Å²) in [7, 11) is 6.58. The van der Waals surface area contributed by atoms with Crippen LogP contribution in [-0.4, -0.2) is 77.5 Å². The molecule has 12 nitrogen and oxygen atoms in total. The molecule has 0 radical (unpaired) electrons. The molecule has 2 aromatic carbocycles. The van der Waals surface area contributed by atoms with E-state index in [4.69, 9.17) is 14.2 Å². The van der Waals surface area contributed by atoms with Gasteiger partial charge in [-0.1, -0.05) is 12.1 Å². The normalized spacial score (nSPS) is 18.5. The molecule has 0 spiro atoms. The van der Waals surface area contributed by atoms with E-state index in [1.165, 1.54) is 5.56 Å². The Morgan fingerprint density at radius 2 is 1.61 bits per heavy atom. The fourth-order valence-corrected chi connectivity index (χ4v) is 7.47. The number of carbonyl (C=O) groups is 3. The number of hydrogen-bond acceptors (Lipinski definition) is 9. The summed E-state index contributed by atoms with van der Waals surface area (Å²) in [5.74, 6) is 1.32. The van der Waals surface area contributed by atoms with Gasteiger partial charge in [0.05, 0.1) is 32.3 Å². The van der Waals surface area contributed by atoms with Gasteiger partial charge in [0.1, 0.15) is 17.5 Å². The number of aromatic nitrogens is 2. The topological polar surface area (TPSA) is 132 Å². The van der Waals surface area contributed by atoms with Crippen molar-refractivity contribution in [3.05, 3.63) is 81.4 Å². The first-order valence-electron chi connectivity index (χ1n) is 16.5. The van der Waals surface area contributed by atoms with Crippen molar-refractivity contribution in [2.24, 2.45) is 7.05 Å². The lowest BCUT2D eigenvalue weighted by Crippen LogP contribution is -2.52. The van der Waals surface area contributed by atoms with Gasteiger partial charge in [-0.3, -0.25) is 29.4 Å². The quantitative estimate of drug-likeness (QED) is 0.280. The number of fused-ring (bicyclic) bond motifs is 2. The first kappa shape index (κ1) is 32.3. The summed E-state index contributed by atoms with van der Waals surface area (Å²) in [6.07, 6.45) is 5.85. The van der Waals surface area contributed by atoms with E-state index in [0.717, 1.165) is 53.6 Å². The van der Waals surface area contributed by atoms with Crippen LogP contribution in [0, 0.1) is 0 Å². The second-order valence-corrected chi connectivity index (χ2v) is 13.0. The summed E-state index contributed by atoms with van der Waals surface area (Å²) < 4.78 is 18.8. The van der Waals surface area contributed by atoms with Crippen molar-refractivity contribution >= 4 is 28.5 Å². The number of likely N-dealkylation sites (tertiary alicyclic amines) is 1. The van der Waals surface area contributed by atoms with Crippen LogP contribution in [0.5, 0.6) is 17.4 Å². The molecule has 1 unspecified atom stereocenters. The molecule has 2 aromatic heterocycles. The van der Waals surface area contributed by atoms with Crippen LogP contribution < -0.4 is 25.1 Å². The fourth-order valence-electron chi connectivity index (χ4n) is 7.47. The van der Waals surface area contributed by atoms with E-state index >= 15 is 0 Å². The van der Waals surface area contributed by atoms with Crippen molar-refractivity contribution in [3.63, 3.8) is 0 Å². The molecule has 5 heterocycles. The van der Waals surface area contributed by atoms with Crippen molar-refractivity contribution in [3.8, 4) is 28.5 Å². The van der Waals surface area contributed by atoms with Crippen LogP contribution in [0.25, 0.3) is 21.9 Å². The number of piperidine rings is 2. The minimum Gasteiger partial charge on any atom is -0.496 e. The van der Waals surface area contributed by atoms with Gasteiger partial charge in [-0.15, -0.1) is 0 Å². The third kappa shape index (κ3) is 5.90. The van der Waals surface area contributed by atoms with Crippen molar-refractivity contribution < 1.29 is 28.6 Å². The molecule has 2 saturated heterocycles. The Labute approximate surface area is 283 Å². The average molecular weight is 666 g/mol. The molecule has 3 aliphatic heterocycles. The highest BCUT2D eigenvalue weighted by Crippen LogP contribution is 2.40. The minimum atomic E-state index is -0.617. The summed E-state index contributed by atoms with van der Waals surface area (Å²) in [5.41, 5.74) is 5.25. The lowest BCUT2D eigenvalue weighted by Gasteiger charge is -2.33. The van der Waals surface area contributed by atoms with E-state index in [-0.39, 0.29) is 23.8 Å². The molecule has 2 fully saturated rings. The number of amides is 3. The van der Waals surface area contributed by atoms with Gasteiger partial charge >= 0.3 is 0 Å². The Kier molecular flexibility index (Phi) is 8.57. The number of ether oxygens (including phenoxy) is 3. The summed E-state index contributed by atoms with van der Waals surface area (Å²) in [6, 6.07) is 11.2. The van der Waals surface area contributed by atoms with Crippen LogP contribution in [0.4, 0.5) is 0 Å². The molecule has 12 heteroatoms. The standard InChI is InChI=1S/C37H39N5O7/c1-40-19-28(26-16-34(49-4)38-17-27(26)36(40)45)23-14-31(47-2)29(32(15-23)48-3)20-41-11-9-21(10-12-41)22-5-6-25-24(13-22)18-42(37(25)46)30-7-8-33(43)39-35(30)44/h5-6,13-17,19,21,30H,7-12,18,20H2,1-4H3,(H,39,43,44). The van der Waals surface area contributed by atoms with Crippen LogP contribution >= 0.6 is 0 Å². The Bertz CT molecular complexity index is 2020. The lowest BCUT2D eigenvalue weighted by molar-refractivity contribution is -0.136. The SMILES string of the molecule is COc1cc2c(-c3cc(OC)c(CN4CCC(c5ccc6c(c5)CN(C5CCC(=O)NC5=O)C6=O)CC4)c(OC)c3)cn(C)c(=O)c2cn1. The predicted octanol–water partition coefficient (Wildman–Crippen LogP) is 3.77. The van der Waals surface area contributed by atoms with Gasteiger partial charge < -0.3 is 23.7 Å². The smallest absolute Gasteiger partial charge is 0.259 e. The zero-order chi connectivity index (χ0) is 34.4. The second-order valence-electron chi connectivity index (χ2n) is 13.0. The van der Waals surface area contributed by atoms with E-state index in [9.17, 15) is 19.2 Å². The molecule has 3 aliphatic rings. The summed E-state index contributed by atoms with van der Waals surface area (Å²) in [4.78, 5) is 58.4. The van der Waals surface area contributed by atoms with Crippen molar-refractivity contribution in [2.45, 2.75) is 50.7 Å². The van der Waals surface area contributed by atoms with Crippen molar-refractivity contribution in [1.82, 2.24) is 24.7 Å². The third-order valence-corrected chi connectivity index (χ3v) is 10.2. The summed E-state index contributed by atoms with van der Waals surface area (Å²) in [6.45, 7) is 2.76. The Morgan fingerprint density at radius 1 is 0.878 bits per heavy atom. The molecule has 1 atom stereocenters. The maximum atomic E-state index is 13.2. The Balaban J connectivity index is 1.07. The number of aryl methyl sites for hydroxylation is 1. The Morgan fingerprint density at radius 3 is 2.29 bits per heavy atom. The van der Waals surface area contributed by atoms with E-state index in [1.54, 1.807) is 50.1 Å². The van der Waals surface area contributed by atoms with Crippen LogP contribution in [0.1, 0.15) is 58.6 Å². The summed E-state index contributed by atoms with van der Waals surface area (Å²) in [5, 5.41) is 3.59. The van der Waals surface area contributed by atoms with E-state index < -0.39 is 11.9 Å².